The molecule has 0 radical (unpaired) electrons. The Balaban J connectivity index is 2.07. The summed E-state index contributed by atoms with van der Waals surface area (Å²) in [5.41, 5.74) is 4.06. The highest BCUT2D eigenvalue weighted by Crippen LogP contribution is 2.29. The van der Waals surface area contributed by atoms with E-state index in [0.29, 0.717) is 24.0 Å². The number of esters is 1. The minimum absolute atomic E-state index is 0.283. The number of benzene rings is 2. The lowest BCUT2D eigenvalue weighted by molar-refractivity contribution is -0.123. The van der Waals surface area contributed by atoms with Gasteiger partial charge in [-0.3, -0.25) is 4.79 Å². The summed E-state index contributed by atoms with van der Waals surface area (Å²) in [6.07, 6.45) is -0.958. The van der Waals surface area contributed by atoms with Gasteiger partial charge in [0.15, 0.2) is 17.6 Å². The summed E-state index contributed by atoms with van der Waals surface area (Å²) in [6.45, 7) is 12.0. The zero-order valence-electron chi connectivity index (χ0n) is 18.8. The molecule has 0 aliphatic carbocycles. The molecular weight excluding hydrogens is 382 g/mol. The fourth-order valence-corrected chi connectivity index (χ4v) is 3.05. The van der Waals surface area contributed by atoms with Crippen LogP contribution in [-0.4, -0.2) is 31.7 Å². The molecule has 0 fully saturated rings. The molecule has 0 bridgehead atoms. The van der Waals surface area contributed by atoms with Gasteiger partial charge in [-0.15, -0.1) is 0 Å². The van der Waals surface area contributed by atoms with Crippen molar-refractivity contribution in [2.24, 2.45) is 5.92 Å². The SMILES string of the molecule is COc1cc(C(=O)O[C@@H](C)C(=O)Nc2c(C)cc(C)cc2C)ccc1OCC(C)C. The Bertz CT molecular complexity index is 897. The van der Waals surface area contributed by atoms with E-state index in [1.54, 1.807) is 25.1 Å². The smallest absolute Gasteiger partial charge is 0.339 e. The van der Waals surface area contributed by atoms with Crippen molar-refractivity contribution in [2.45, 2.75) is 47.6 Å². The third-order valence-corrected chi connectivity index (χ3v) is 4.55. The Labute approximate surface area is 178 Å². The molecule has 6 heteroatoms. The number of hydrogen-bond donors (Lipinski definition) is 1. The molecule has 162 valence electrons. The molecule has 0 unspecified atom stereocenters. The Morgan fingerprint density at radius 2 is 1.60 bits per heavy atom. The second-order valence-electron chi connectivity index (χ2n) is 7.88. The van der Waals surface area contributed by atoms with Crippen molar-refractivity contribution in [3.8, 4) is 11.5 Å². The number of anilines is 1. The Morgan fingerprint density at radius 3 is 2.17 bits per heavy atom. The summed E-state index contributed by atoms with van der Waals surface area (Å²) in [6, 6.07) is 8.81. The maximum Gasteiger partial charge on any atom is 0.339 e. The molecule has 0 aliphatic heterocycles. The van der Waals surface area contributed by atoms with Gasteiger partial charge in [0, 0.05) is 5.69 Å². The van der Waals surface area contributed by atoms with Crippen LogP contribution in [0.15, 0.2) is 30.3 Å². The highest BCUT2D eigenvalue weighted by atomic mass is 16.5. The molecule has 0 saturated carbocycles. The van der Waals surface area contributed by atoms with E-state index in [2.05, 4.69) is 5.32 Å². The fraction of sp³-hybridized carbons (Fsp3) is 0.417. The number of ether oxygens (including phenoxy) is 3. The van der Waals surface area contributed by atoms with Crippen molar-refractivity contribution < 1.29 is 23.8 Å². The highest BCUT2D eigenvalue weighted by Gasteiger charge is 2.21. The number of hydrogen-bond acceptors (Lipinski definition) is 5. The Morgan fingerprint density at radius 1 is 0.967 bits per heavy atom. The van der Waals surface area contributed by atoms with E-state index in [9.17, 15) is 9.59 Å². The fourth-order valence-electron chi connectivity index (χ4n) is 3.05. The molecule has 0 heterocycles. The number of nitrogens with one attached hydrogen (secondary N) is 1. The minimum atomic E-state index is -0.958. The van der Waals surface area contributed by atoms with Gasteiger partial charge in [0.1, 0.15) is 0 Å². The summed E-state index contributed by atoms with van der Waals surface area (Å²) >= 11 is 0. The van der Waals surface area contributed by atoms with Crippen LogP contribution in [0.5, 0.6) is 11.5 Å². The molecule has 1 amide bonds. The second-order valence-corrected chi connectivity index (χ2v) is 7.88. The standard InChI is InChI=1S/C24H31NO5/c1-14(2)13-29-20-9-8-19(12-21(20)28-7)24(27)30-18(6)23(26)25-22-16(4)10-15(3)11-17(22)5/h8-12,14,18H,13H2,1-7H3,(H,25,26)/t18-/m0/s1. The average Bonchev–Trinajstić information content (AvgIpc) is 2.68. The van der Waals surface area contributed by atoms with Gasteiger partial charge in [-0.1, -0.05) is 31.5 Å². The molecule has 2 rings (SSSR count). The lowest BCUT2D eigenvalue weighted by atomic mass is 10.0. The zero-order valence-corrected chi connectivity index (χ0v) is 18.8. The van der Waals surface area contributed by atoms with Crippen LogP contribution in [-0.2, 0) is 9.53 Å². The van der Waals surface area contributed by atoms with E-state index < -0.39 is 12.1 Å². The first kappa shape index (κ1) is 23.3. The normalized spacial score (nSPS) is 11.7. The van der Waals surface area contributed by atoms with Gasteiger partial charge in [0.25, 0.3) is 5.91 Å². The van der Waals surface area contributed by atoms with E-state index in [4.69, 9.17) is 14.2 Å². The molecule has 0 saturated heterocycles. The first-order valence-electron chi connectivity index (χ1n) is 10.0. The van der Waals surface area contributed by atoms with Crippen LogP contribution in [0.2, 0.25) is 0 Å². The summed E-state index contributed by atoms with van der Waals surface area (Å²) in [5, 5.41) is 2.86. The van der Waals surface area contributed by atoms with Gasteiger partial charge < -0.3 is 19.5 Å². The van der Waals surface area contributed by atoms with E-state index in [-0.39, 0.29) is 11.5 Å². The molecule has 1 N–H and O–H groups in total. The lowest BCUT2D eigenvalue weighted by Gasteiger charge is -2.17. The summed E-state index contributed by atoms with van der Waals surface area (Å²) in [7, 11) is 1.51. The third kappa shape index (κ3) is 5.99. The maximum atomic E-state index is 12.6. The number of aryl methyl sites for hydroxylation is 3. The number of methoxy groups -OCH3 is 1. The van der Waals surface area contributed by atoms with Crippen LogP contribution in [0.4, 0.5) is 5.69 Å². The molecule has 0 aliphatic rings. The first-order chi connectivity index (χ1) is 14.1. The predicted octanol–water partition coefficient (Wildman–Crippen LogP) is 4.84. The van der Waals surface area contributed by atoms with Crippen LogP contribution in [0, 0.1) is 26.7 Å². The largest absolute Gasteiger partial charge is 0.493 e. The summed E-state index contributed by atoms with van der Waals surface area (Å²) < 4.78 is 16.4. The molecule has 1 atom stereocenters. The maximum absolute atomic E-state index is 12.6. The molecule has 2 aromatic rings. The van der Waals surface area contributed by atoms with Crippen LogP contribution in [0.1, 0.15) is 47.8 Å². The van der Waals surface area contributed by atoms with Crippen molar-refractivity contribution in [1.82, 2.24) is 0 Å². The number of rotatable bonds is 8. The van der Waals surface area contributed by atoms with E-state index in [1.807, 2.05) is 46.8 Å². The van der Waals surface area contributed by atoms with E-state index in [1.165, 1.54) is 7.11 Å². The molecule has 30 heavy (non-hydrogen) atoms. The van der Waals surface area contributed by atoms with Gasteiger partial charge in [-0.2, -0.15) is 0 Å². The van der Waals surface area contributed by atoms with Crippen LogP contribution in [0.3, 0.4) is 0 Å². The van der Waals surface area contributed by atoms with E-state index >= 15 is 0 Å². The van der Waals surface area contributed by atoms with Crippen molar-refractivity contribution in [1.29, 1.82) is 0 Å². The summed E-state index contributed by atoms with van der Waals surface area (Å²) in [5.74, 6) is 0.359. The van der Waals surface area contributed by atoms with Gasteiger partial charge in [-0.05, 0) is 62.9 Å². The van der Waals surface area contributed by atoms with Gasteiger partial charge in [0.2, 0.25) is 0 Å². The molecule has 6 nitrogen and oxygen atoms in total. The van der Waals surface area contributed by atoms with Crippen LogP contribution >= 0.6 is 0 Å². The topological polar surface area (TPSA) is 73.9 Å². The second kappa shape index (κ2) is 10.1. The van der Waals surface area contributed by atoms with Crippen LogP contribution < -0.4 is 14.8 Å². The average molecular weight is 414 g/mol. The summed E-state index contributed by atoms with van der Waals surface area (Å²) in [4.78, 5) is 25.1. The van der Waals surface area contributed by atoms with E-state index in [0.717, 1.165) is 22.4 Å². The number of carbonyl (C=O) groups excluding carboxylic acids is 2. The molecule has 0 spiro atoms. The lowest BCUT2D eigenvalue weighted by Crippen LogP contribution is -2.30. The van der Waals surface area contributed by atoms with Gasteiger partial charge in [-0.25, -0.2) is 4.79 Å². The monoisotopic (exact) mass is 413 g/mol. The quantitative estimate of drug-likeness (QED) is 0.627. The van der Waals surface area contributed by atoms with Crippen molar-refractivity contribution >= 4 is 17.6 Å². The van der Waals surface area contributed by atoms with Crippen LogP contribution in [0.25, 0.3) is 0 Å². The van der Waals surface area contributed by atoms with Gasteiger partial charge >= 0.3 is 5.97 Å². The molecule has 2 aromatic carbocycles. The third-order valence-electron chi connectivity index (χ3n) is 4.55. The van der Waals surface area contributed by atoms with Gasteiger partial charge in [0.05, 0.1) is 19.3 Å². The predicted molar refractivity (Wildman–Crippen MR) is 117 cm³/mol. The number of amides is 1. The molecular formula is C24H31NO5. The molecule has 0 aromatic heterocycles. The zero-order chi connectivity index (χ0) is 22.4. The Hall–Kier alpha value is -3.02. The Kier molecular flexibility index (Phi) is 7.86. The highest BCUT2D eigenvalue weighted by molar-refractivity contribution is 5.98. The van der Waals surface area contributed by atoms with Crippen molar-refractivity contribution in [2.75, 3.05) is 19.0 Å². The number of carbonyl (C=O) groups is 2. The van der Waals surface area contributed by atoms with Crippen molar-refractivity contribution in [3.63, 3.8) is 0 Å². The minimum Gasteiger partial charge on any atom is -0.493 e. The first-order valence-corrected chi connectivity index (χ1v) is 10.0. The van der Waals surface area contributed by atoms with Crippen molar-refractivity contribution in [3.05, 3.63) is 52.6 Å².